The average molecular weight is 276 g/mol. The summed E-state index contributed by atoms with van der Waals surface area (Å²) in [6.07, 6.45) is -0.0264. The number of hydrogen-bond donors (Lipinski definition) is 3. The molecule has 0 bridgehead atoms. The van der Waals surface area contributed by atoms with E-state index in [0.717, 1.165) is 5.69 Å². The van der Waals surface area contributed by atoms with Gasteiger partial charge in [0.25, 0.3) is 0 Å². The molecule has 0 spiro atoms. The molecule has 0 unspecified atom stereocenters. The van der Waals surface area contributed by atoms with E-state index in [0.29, 0.717) is 11.3 Å². The van der Waals surface area contributed by atoms with Gasteiger partial charge < -0.3 is 15.7 Å². The molecule has 0 aliphatic heterocycles. The van der Waals surface area contributed by atoms with Crippen LogP contribution in [0.25, 0.3) is 0 Å². The Kier molecular flexibility index (Phi) is 4.15. The van der Waals surface area contributed by atoms with Crippen molar-refractivity contribution in [3.05, 3.63) is 46.7 Å². The van der Waals surface area contributed by atoms with Crippen molar-refractivity contribution < 1.29 is 14.7 Å². The van der Waals surface area contributed by atoms with E-state index in [1.165, 1.54) is 11.3 Å². The maximum atomic E-state index is 11.6. The molecule has 0 radical (unpaired) electrons. The van der Waals surface area contributed by atoms with Crippen molar-refractivity contribution in [2.75, 3.05) is 10.6 Å². The van der Waals surface area contributed by atoms with Crippen LogP contribution in [0.15, 0.2) is 41.1 Å². The van der Waals surface area contributed by atoms with Crippen LogP contribution in [0.2, 0.25) is 0 Å². The highest BCUT2D eigenvalue weighted by molar-refractivity contribution is 7.08. The van der Waals surface area contributed by atoms with Gasteiger partial charge in [-0.05, 0) is 29.1 Å². The minimum absolute atomic E-state index is 0.0264. The number of anilines is 2. The van der Waals surface area contributed by atoms with Gasteiger partial charge in [0.05, 0.1) is 12.1 Å². The first-order valence-electron chi connectivity index (χ1n) is 5.54. The maximum absolute atomic E-state index is 11.6. The Morgan fingerprint density at radius 2 is 1.74 bits per heavy atom. The average Bonchev–Trinajstić information content (AvgIpc) is 2.83. The third-order valence-electron chi connectivity index (χ3n) is 2.35. The number of benzene rings is 1. The van der Waals surface area contributed by atoms with E-state index >= 15 is 0 Å². The lowest BCUT2D eigenvalue weighted by Crippen LogP contribution is -2.18. The normalized spacial score (nSPS) is 9.89. The molecule has 1 aromatic carbocycles. The van der Waals surface area contributed by atoms with E-state index in [-0.39, 0.29) is 12.5 Å². The number of rotatable bonds is 4. The van der Waals surface area contributed by atoms with E-state index in [1.807, 2.05) is 10.8 Å². The van der Waals surface area contributed by atoms with Crippen LogP contribution in [0, 0.1) is 0 Å². The van der Waals surface area contributed by atoms with Crippen LogP contribution in [-0.2, 0) is 11.2 Å². The highest BCUT2D eigenvalue weighted by Crippen LogP contribution is 2.14. The third kappa shape index (κ3) is 4.11. The molecule has 0 atom stereocenters. The summed E-state index contributed by atoms with van der Waals surface area (Å²) >= 11 is 1.50. The largest absolute Gasteiger partial charge is 0.481 e. The van der Waals surface area contributed by atoms with Gasteiger partial charge in [0.1, 0.15) is 0 Å². The Morgan fingerprint density at radius 1 is 1.05 bits per heavy atom. The fraction of sp³-hybridized carbons (Fsp3) is 0.0769. The smallest absolute Gasteiger partial charge is 0.323 e. The summed E-state index contributed by atoms with van der Waals surface area (Å²) in [5, 5.41) is 17.7. The fourth-order valence-electron chi connectivity index (χ4n) is 1.51. The second kappa shape index (κ2) is 6.01. The van der Waals surface area contributed by atoms with Crippen LogP contribution < -0.4 is 10.6 Å². The lowest BCUT2D eigenvalue weighted by atomic mass is 10.1. The van der Waals surface area contributed by atoms with E-state index in [4.69, 9.17) is 5.11 Å². The first kappa shape index (κ1) is 13.1. The van der Waals surface area contributed by atoms with Crippen molar-refractivity contribution in [2.45, 2.75) is 6.42 Å². The second-order valence-electron chi connectivity index (χ2n) is 3.86. The summed E-state index contributed by atoms with van der Waals surface area (Å²) in [7, 11) is 0. The number of urea groups is 1. The summed E-state index contributed by atoms with van der Waals surface area (Å²) in [6, 6.07) is 8.17. The van der Waals surface area contributed by atoms with Gasteiger partial charge in [-0.25, -0.2) is 4.79 Å². The molecule has 0 fully saturated rings. The topological polar surface area (TPSA) is 78.4 Å². The van der Waals surface area contributed by atoms with E-state index in [9.17, 15) is 9.59 Å². The molecule has 0 saturated heterocycles. The fourth-order valence-corrected chi connectivity index (χ4v) is 2.10. The first-order chi connectivity index (χ1) is 9.13. The Morgan fingerprint density at radius 3 is 2.32 bits per heavy atom. The number of hydrogen-bond acceptors (Lipinski definition) is 3. The number of thiophene rings is 1. The number of carbonyl (C=O) groups is 2. The number of carboxylic acids is 1. The number of aliphatic carboxylic acids is 1. The van der Waals surface area contributed by atoms with E-state index in [2.05, 4.69) is 10.6 Å². The van der Waals surface area contributed by atoms with Gasteiger partial charge in [-0.2, -0.15) is 11.3 Å². The zero-order valence-corrected chi connectivity index (χ0v) is 10.7. The van der Waals surface area contributed by atoms with Crippen molar-refractivity contribution in [3.8, 4) is 0 Å². The van der Waals surface area contributed by atoms with Crippen molar-refractivity contribution in [1.29, 1.82) is 0 Å². The molecular weight excluding hydrogens is 264 g/mol. The van der Waals surface area contributed by atoms with Crippen LogP contribution in [-0.4, -0.2) is 17.1 Å². The Labute approximate surface area is 113 Å². The highest BCUT2D eigenvalue weighted by Gasteiger charge is 2.04. The van der Waals surface area contributed by atoms with Crippen LogP contribution in [0.1, 0.15) is 5.56 Å². The molecule has 98 valence electrons. The van der Waals surface area contributed by atoms with Gasteiger partial charge in [0, 0.05) is 11.1 Å². The van der Waals surface area contributed by atoms with Gasteiger partial charge in [-0.15, -0.1) is 0 Å². The monoisotopic (exact) mass is 276 g/mol. The van der Waals surface area contributed by atoms with Crippen molar-refractivity contribution in [3.63, 3.8) is 0 Å². The van der Waals surface area contributed by atoms with Gasteiger partial charge in [-0.1, -0.05) is 12.1 Å². The number of amides is 2. The molecule has 5 nitrogen and oxygen atoms in total. The predicted octanol–water partition coefficient (Wildman–Crippen LogP) is 3.02. The van der Waals surface area contributed by atoms with Gasteiger partial charge in [0.2, 0.25) is 0 Å². The second-order valence-corrected chi connectivity index (χ2v) is 4.64. The molecule has 3 N–H and O–H groups in total. The quantitative estimate of drug-likeness (QED) is 0.803. The van der Waals surface area contributed by atoms with Gasteiger partial charge in [-0.3, -0.25) is 4.79 Å². The summed E-state index contributed by atoms with van der Waals surface area (Å²) in [4.78, 5) is 22.2. The lowest BCUT2D eigenvalue weighted by molar-refractivity contribution is -0.136. The Hall–Kier alpha value is -2.34. The highest BCUT2D eigenvalue weighted by atomic mass is 32.1. The summed E-state index contributed by atoms with van der Waals surface area (Å²) < 4.78 is 0. The summed E-state index contributed by atoms with van der Waals surface area (Å²) in [5.74, 6) is -0.879. The predicted molar refractivity (Wildman–Crippen MR) is 74.7 cm³/mol. The maximum Gasteiger partial charge on any atom is 0.323 e. The van der Waals surface area contributed by atoms with Crippen LogP contribution in [0.5, 0.6) is 0 Å². The minimum atomic E-state index is -0.879. The van der Waals surface area contributed by atoms with E-state index < -0.39 is 5.97 Å². The standard InChI is InChI=1S/C13H12N2O3S/c16-12(17)7-9-1-3-10(4-2-9)14-13(18)15-11-5-6-19-8-11/h1-6,8H,7H2,(H,16,17)(H2,14,15,18). The molecule has 0 aliphatic rings. The molecule has 19 heavy (non-hydrogen) atoms. The molecule has 2 aromatic rings. The molecule has 1 heterocycles. The zero-order valence-electron chi connectivity index (χ0n) is 9.92. The first-order valence-corrected chi connectivity index (χ1v) is 6.49. The molecule has 0 aliphatic carbocycles. The summed E-state index contributed by atoms with van der Waals surface area (Å²) in [5.41, 5.74) is 2.04. The van der Waals surface area contributed by atoms with Crippen LogP contribution in [0.4, 0.5) is 16.2 Å². The van der Waals surface area contributed by atoms with Crippen molar-refractivity contribution in [1.82, 2.24) is 0 Å². The Bertz CT molecular complexity index is 564. The third-order valence-corrected chi connectivity index (χ3v) is 3.03. The van der Waals surface area contributed by atoms with Crippen LogP contribution >= 0.6 is 11.3 Å². The Balaban J connectivity index is 1.92. The number of carboxylic acid groups (broad SMARTS) is 1. The summed E-state index contributed by atoms with van der Waals surface area (Å²) in [6.45, 7) is 0. The van der Waals surface area contributed by atoms with Gasteiger partial charge in [0.15, 0.2) is 0 Å². The molecule has 1 aromatic heterocycles. The SMILES string of the molecule is O=C(O)Cc1ccc(NC(=O)Nc2ccsc2)cc1. The van der Waals surface area contributed by atoms with E-state index in [1.54, 1.807) is 30.3 Å². The number of carbonyl (C=O) groups excluding carboxylic acids is 1. The lowest BCUT2D eigenvalue weighted by Gasteiger charge is -2.06. The minimum Gasteiger partial charge on any atom is -0.481 e. The molecular formula is C13H12N2O3S. The molecule has 2 amide bonds. The van der Waals surface area contributed by atoms with Crippen molar-refractivity contribution >= 4 is 34.7 Å². The number of nitrogens with one attached hydrogen (secondary N) is 2. The molecule has 2 rings (SSSR count). The molecule has 6 heteroatoms. The molecule has 0 saturated carbocycles. The van der Waals surface area contributed by atoms with Crippen LogP contribution in [0.3, 0.4) is 0 Å². The zero-order chi connectivity index (χ0) is 13.7. The van der Waals surface area contributed by atoms with Gasteiger partial charge >= 0.3 is 12.0 Å². The van der Waals surface area contributed by atoms with Crippen molar-refractivity contribution in [2.24, 2.45) is 0 Å².